The van der Waals surface area contributed by atoms with Crippen molar-refractivity contribution in [2.45, 2.75) is 0 Å². The smallest absolute Gasteiger partial charge is 1.00 e. The van der Waals surface area contributed by atoms with Gasteiger partial charge in [0.05, 0.1) is 0 Å². The zero-order chi connectivity index (χ0) is 4.50. The molecule has 0 bridgehead atoms. The van der Waals surface area contributed by atoms with Gasteiger partial charge in [-0.05, 0) is 0 Å². The molecule has 0 spiro atoms. The molecule has 0 aromatic carbocycles. The van der Waals surface area contributed by atoms with E-state index in [4.69, 9.17) is 8.42 Å². The van der Waals surface area contributed by atoms with E-state index in [0.717, 1.165) is 0 Å². The maximum absolute atomic E-state index is 10.4. The zero-order valence-electron chi connectivity index (χ0n) is 4.18. The van der Waals surface area contributed by atoms with Crippen molar-refractivity contribution in [1.82, 2.24) is 0 Å². The Bertz CT molecular complexity index is 101. The van der Waals surface area contributed by atoms with Crippen LogP contribution >= 0.6 is 0 Å². The van der Waals surface area contributed by atoms with Gasteiger partial charge in [0.25, 0.3) is 0 Å². The van der Waals surface area contributed by atoms with Gasteiger partial charge >= 0.3 is 61.8 Å². The molecule has 6 heavy (non-hydrogen) atoms. The molecule has 0 rings (SSSR count). The predicted molar refractivity (Wildman–Crippen MR) is 15.3 cm³/mol. The maximum atomic E-state index is 10.4. The minimum Gasteiger partial charge on any atom is -1.00 e. The first-order valence-corrected chi connectivity index (χ1v) is 2.17. The molecular formula is H3FKNO2S. The van der Waals surface area contributed by atoms with Crippen LogP contribution in [0.5, 0.6) is 0 Å². The Morgan fingerprint density at radius 1 is 1.67 bits per heavy atom. The standard InChI is InChI=1S/FH2NO2S.K.H/c1-5(2,3)4;;/h(H2,2,3,4);;/q;+1;-1. The Hall–Kier alpha value is 1.48. The molecule has 6 heteroatoms. The van der Waals surface area contributed by atoms with E-state index in [1.54, 1.807) is 0 Å². The third-order valence-electron chi connectivity index (χ3n) is 0. The summed E-state index contributed by atoms with van der Waals surface area (Å²) in [6, 6.07) is 0. The molecule has 0 aliphatic rings. The molecule has 0 fully saturated rings. The Morgan fingerprint density at radius 3 is 1.67 bits per heavy atom. The molecule has 0 unspecified atom stereocenters. The summed E-state index contributed by atoms with van der Waals surface area (Å²) in [7, 11) is -4.67. The van der Waals surface area contributed by atoms with E-state index in [1.165, 1.54) is 0 Å². The fourth-order valence-corrected chi connectivity index (χ4v) is 0. The van der Waals surface area contributed by atoms with Crippen LogP contribution in [-0.2, 0) is 10.4 Å². The van der Waals surface area contributed by atoms with Crippen molar-refractivity contribution in [3.8, 4) is 0 Å². The summed E-state index contributed by atoms with van der Waals surface area (Å²) in [5, 5.41) is 3.66. The van der Waals surface area contributed by atoms with Crippen LogP contribution in [0.1, 0.15) is 1.43 Å². The minimum atomic E-state index is -4.67. The van der Waals surface area contributed by atoms with Gasteiger partial charge in [-0.2, -0.15) is 8.42 Å². The van der Waals surface area contributed by atoms with E-state index < -0.39 is 10.4 Å². The van der Waals surface area contributed by atoms with Crippen LogP contribution < -0.4 is 56.5 Å². The SMILES string of the molecule is NS(=O)(=O)F.[H-].[K+]. The molecular weight excluding hydrogens is 136 g/mol. The third kappa shape index (κ3) is 50.3. The second kappa shape index (κ2) is 3.47. The van der Waals surface area contributed by atoms with Crippen LogP contribution in [0, 0.1) is 0 Å². The molecule has 0 aromatic heterocycles. The van der Waals surface area contributed by atoms with Crippen LogP contribution in [0.25, 0.3) is 0 Å². The molecule has 3 nitrogen and oxygen atoms in total. The molecule has 0 heterocycles. The van der Waals surface area contributed by atoms with E-state index in [9.17, 15) is 3.89 Å². The Morgan fingerprint density at radius 2 is 1.67 bits per heavy atom. The van der Waals surface area contributed by atoms with Gasteiger partial charge in [0.15, 0.2) is 0 Å². The van der Waals surface area contributed by atoms with Crippen LogP contribution in [0.15, 0.2) is 0 Å². The summed E-state index contributed by atoms with van der Waals surface area (Å²) in [6.07, 6.45) is 0. The van der Waals surface area contributed by atoms with Crippen molar-refractivity contribution in [2.24, 2.45) is 5.14 Å². The van der Waals surface area contributed by atoms with Gasteiger partial charge in [0, 0.05) is 0 Å². The van der Waals surface area contributed by atoms with E-state index in [1.807, 2.05) is 0 Å². The number of halogens is 1. The molecule has 0 saturated carbocycles. The van der Waals surface area contributed by atoms with Crippen LogP contribution in [0.4, 0.5) is 3.89 Å². The summed E-state index contributed by atoms with van der Waals surface area (Å²) in [4.78, 5) is 0. The molecule has 0 radical (unpaired) electrons. The summed E-state index contributed by atoms with van der Waals surface area (Å²) in [6.45, 7) is 0. The normalized spacial score (nSPS) is 9.67. The number of nitrogens with two attached hydrogens (primary N) is 1. The Kier molecular flexibility index (Phi) is 6.06. The van der Waals surface area contributed by atoms with Crippen LogP contribution in [0.2, 0.25) is 0 Å². The monoisotopic (exact) mass is 139 g/mol. The fourth-order valence-electron chi connectivity index (χ4n) is 0. The first-order valence-electron chi connectivity index (χ1n) is 0.723. The number of hydrogen-bond acceptors (Lipinski definition) is 2. The van der Waals surface area contributed by atoms with Crippen molar-refractivity contribution < 1.29 is 65.1 Å². The van der Waals surface area contributed by atoms with E-state index in [0.29, 0.717) is 0 Å². The fraction of sp³-hybridized carbons (Fsp3) is 0. The molecule has 0 aliphatic carbocycles. The molecule has 0 amide bonds. The van der Waals surface area contributed by atoms with Crippen molar-refractivity contribution in [3.05, 3.63) is 0 Å². The summed E-state index contributed by atoms with van der Waals surface area (Å²) < 4.78 is 27.9. The molecule has 0 aromatic rings. The second-order valence-corrected chi connectivity index (χ2v) is 1.43. The third-order valence-corrected chi connectivity index (χ3v) is 0. The molecule has 0 saturated heterocycles. The van der Waals surface area contributed by atoms with E-state index in [-0.39, 0.29) is 52.8 Å². The van der Waals surface area contributed by atoms with Gasteiger partial charge < -0.3 is 1.43 Å². The Labute approximate surface area is 79.3 Å². The summed E-state index contributed by atoms with van der Waals surface area (Å²) >= 11 is 0. The summed E-state index contributed by atoms with van der Waals surface area (Å²) in [5.41, 5.74) is 0. The quantitative estimate of drug-likeness (QED) is 0.277. The average molecular weight is 139 g/mol. The van der Waals surface area contributed by atoms with Gasteiger partial charge in [-0.15, -0.1) is 0 Å². The predicted octanol–water partition coefficient (Wildman–Crippen LogP) is -3.72. The van der Waals surface area contributed by atoms with E-state index >= 15 is 0 Å². The zero-order valence-corrected chi connectivity index (χ0v) is 7.12. The molecule has 34 valence electrons. The van der Waals surface area contributed by atoms with Crippen LogP contribution in [-0.4, -0.2) is 8.42 Å². The van der Waals surface area contributed by atoms with Gasteiger partial charge in [-0.1, -0.05) is 3.89 Å². The van der Waals surface area contributed by atoms with Crippen molar-refractivity contribution in [3.63, 3.8) is 0 Å². The van der Waals surface area contributed by atoms with Crippen molar-refractivity contribution in [2.75, 3.05) is 0 Å². The minimum absolute atomic E-state index is 0. The van der Waals surface area contributed by atoms with E-state index in [2.05, 4.69) is 5.14 Å². The van der Waals surface area contributed by atoms with Gasteiger partial charge in [0.2, 0.25) is 0 Å². The summed E-state index contributed by atoms with van der Waals surface area (Å²) in [5.74, 6) is 0. The molecule has 0 aliphatic heterocycles. The first kappa shape index (κ1) is 10.5. The van der Waals surface area contributed by atoms with Crippen LogP contribution in [0.3, 0.4) is 0 Å². The van der Waals surface area contributed by atoms with Crippen molar-refractivity contribution in [1.29, 1.82) is 0 Å². The number of hydrogen-bond donors (Lipinski definition) is 1. The molecule has 2 N–H and O–H groups in total. The van der Waals surface area contributed by atoms with Gasteiger partial charge in [-0.25, -0.2) is 5.14 Å². The number of rotatable bonds is 0. The van der Waals surface area contributed by atoms with Gasteiger partial charge in [-0.3, -0.25) is 0 Å². The topological polar surface area (TPSA) is 60.2 Å². The largest absolute Gasteiger partial charge is 1.00 e. The van der Waals surface area contributed by atoms with Gasteiger partial charge in [0.1, 0.15) is 0 Å². The average Bonchev–Trinajstić information content (AvgIpc) is 0.722. The second-order valence-electron chi connectivity index (χ2n) is 0.476. The van der Waals surface area contributed by atoms with Crippen molar-refractivity contribution >= 4 is 10.4 Å². The Balaban J connectivity index is -0.0000000800. The maximum Gasteiger partial charge on any atom is 1.00 e. The first-order chi connectivity index (χ1) is 2.00. The molecule has 0 atom stereocenters.